The van der Waals surface area contributed by atoms with Gasteiger partial charge in [0.15, 0.2) is 0 Å². The summed E-state index contributed by atoms with van der Waals surface area (Å²) in [5, 5.41) is 14.2. The Hall–Kier alpha value is -2.37. The maximum atomic E-state index is 11.8. The molecule has 3 N–H and O–H groups in total. The summed E-state index contributed by atoms with van der Waals surface area (Å²) in [6.07, 6.45) is -0.115. The third-order valence-corrected chi connectivity index (χ3v) is 2.67. The zero-order chi connectivity index (χ0) is 15.3. The van der Waals surface area contributed by atoms with E-state index in [-0.39, 0.29) is 18.2 Å². The van der Waals surface area contributed by atoms with Gasteiger partial charge in [-0.25, -0.2) is 0 Å². The standard InChI is InChI=1S/C14H18N2O4/c1-9(17)15-10-4-6-11(7-5-10)16-12(18)8-14(2,3)13(19)20/h4-7H,8H2,1-3H3,(H,15,17)(H,16,18)(H,19,20). The third-order valence-electron chi connectivity index (χ3n) is 2.67. The molecule has 0 aliphatic heterocycles. The Morgan fingerprint density at radius 3 is 1.90 bits per heavy atom. The zero-order valence-corrected chi connectivity index (χ0v) is 11.7. The predicted molar refractivity (Wildman–Crippen MR) is 75.4 cm³/mol. The molecule has 6 nitrogen and oxygen atoms in total. The van der Waals surface area contributed by atoms with Gasteiger partial charge in [0.2, 0.25) is 11.8 Å². The molecular weight excluding hydrogens is 260 g/mol. The van der Waals surface area contributed by atoms with E-state index in [4.69, 9.17) is 5.11 Å². The lowest BCUT2D eigenvalue weighted by Crippen LogP contribution is -2.29. The highest BCUT2D eigenvalue weighted by Crippen LogP contribution is 2.21. The van der Waals surface area contributed by atoms with E-state index in [0.717, 1.165) is 0 Å². The summed E-state index contributed by atoms with van der Waals surface area (Å²) in [6, 6.07) is 6.58. The fourth-order valence-corrected chi connectivity index (χ4v) is 1.52. The summed E-state index contributed by atoms with van der Waals surface area (Å²) in [5.41, 5.74) is 0.0619. The fraction of sp³-hybridized carbons (Fsp3) is 0.357. The fourth-order valence-electron chi connectivity index (χ4n) is 1.52. The molecule has 0 saturated heterocycles. The van der Waals surface area contributed by atoms with Gasteiger partial charge in [-0.2, -0.15) is 0 Å². The highest BCUT2D eigenvalue weighted by Gasteiger charge is 2.30. The number of hydrogen-bond donors (Lipinski definition) is 3. The van der Waals surface area contributed by atoms with Crippen LogP contribution in [0.3, 0.4) is 0 Å². The molecule has 0 saturated carbocycles. The van der Waals surface area contributed by atoms with Crippen LogP contribution in [0.4, 0.5) is 11.4 Å². The van der Waals surface area contributed by atoms with E-state index in [1.54, 1.807) is 24.3 Å². The minimum Gasteiger partial charge on any atom is -0.481 e. The van der Waals surface area contributed by atoms with Crippen LogP contribution in [0.15, 0.2) is 24.3 Å². The third kappa shape index (κ3) is 4.72. The minimum absolute atomic E-state index is 0.115. The van der Waals surface area contributed by atoms with E-state index < -0.39 is 11.4 Å². The van der Waals surface area contributed by atoms with Crippen molar-refractivity contribution < 1.29 is 19.5 Å². The second kappa shape index (κ2) is 6.18. The van der Waals surface area contributed by atoms with Crippen LogP contribution in [0.5, 0.6) is 0 Å². The summed E-state index contributed by atoms with van der Waals surface area (Å²) in [7, 11) is 0. The molecule has 0 radical (unpaired) electrons. The molecule has 1 aromatic carbocycles. The van der Waals surface area contributed by atoms with Gasteiger partial charge in [0, 0.05) is 24.7 Å². The second-order valence-electron chi connectivity index (χ2n) is 5.17. The van der Waals surface area contributed by atoms with E-state index in [1.807, 2.05) is 0 Å². The Morgan fingerprint density at radius 2 is 1.50 bits per heavy atom. The van der Waals surface area contributed by atoms with Gasteiger partial charge in [0.1, 0.15) is 0 Å². The van der Waals surface area contributed by atoms with Crippen molar-refractivity contribution in [3.63, 3.8) is 0 Å². The molecule has 6 heteroatoms. The van der Waals surface area contributed by atoms with Crippen LogP contribution in [-0.2, 0) is 14.4 Å². The average molecular weight is 278 g/mol. The molecule has 0 spiro atoms. The Balaban J connectivity index is 2.63. The van der Waals surface area contributed by atoms with Gasteiger partial charge in [0.25, 0.3) is 0 Å². The first-order chi connectivity index (χ1) is 9.20. The largest absolute Gasteiger partial charge is 0.481 e. The van der Waals surface area contributed by atoms with E-state index in [2.05, 4.69) is 10.6 Å². The van der Waals surface area contributed by atoms with Crippen molar-refractivity contribution in [3.05, 3.63) is 24.3 Å². The molecule has 1 rings (SSSR count). The van der Waals surface area contributed by atoms with Gasteiger partial charge in [-0.1, -0.05) is 0 Å². The molecule has 20 heavy (non-hydrogen) atoms. The van der Waals surface area contributed by atoms with Gasteiger partial charge in [0.05, 0.1) is 5.41 Å². The van der Waals surface area contributed by atoms with Gasteiger partial charge >= 0.3 is 5.97 Å². The summed E-state index contributed by atoms with van der Waals surface area (Å²) >= 11 is 0. The van der Waals surface area contributed by atoms with Crippen LogP contribution in [-0.4, -0.2) is 22.9 Å². The average Bonchev–Trinajstić information content (AvgIpc) is 2.30. The molecule has 2 amide bonds. The normalized spacial score (nSPS) is 10.8. The Labute approximate surface area is 117 Å². The number of benzene rings is 1. The first kappa shape index (κ1) is 15.7. The van der Waals surface area contributed by atoms with Crippen molar-refractivity contribution in [2.45, 2.75) is 27.2 Å². The minimum atomic E-state index is -1.11. The molecule has 0 aliphatic rings. The summed E-state index contributed by atoms with van der Waals surface area (Å²) < 4.78 is 0. The van der Waals surface area contributed by atoms with Gasteiger partial charge < -0.3 is 15.7 Å². The van der Waals surface area contributed by atoms with Gasteiger partial charge in [-0.05, 0) is 38.1 Å². The lowest BCUT2D eigenvalue weighted by Gasteiger charge is -2.18. The number of rotatable bonds is 5. The smallest absolute Gasteiger partial charge is 0.309 e. The monoisotopic (exact) mass is 278 g/mol. The molecule has 0 atom stereocenters. The van der Waals surface area contributed by atoms with Crippen LogP contribution in [0, 0.1) is 5.41 Å². The van der Waals surface area contributed by atoms with Crippen LogP contribution in [0.25, 0.3) is 0 Å². The van der Waals surface area contributed by atoms with Crippen molar-refractivity contribution in [3.8, 4) is 0 Å². The van der Waals surface area contributed by atoms with E-state index >= 15 is 0 Å². The maximum Gasteiger partial charge on any atom is 0.309 e. The number of anilines is 2. The molecule has 0 fully saturated rings. The number of hydrogen-bond acceptors (Lipinski definition) is 3. The molecule has 0 bridgehead atoms. The number of carboxylic acid groups (broad SMARTS) is 1. The van der Waals surface area contributed by atoms with Crippen molar-refractivity contribution in [1.29, 1.82) is 0 Å². The Kier molecular flexibility index (Phi) is 4.85. The lowest BCUT2D eigenvalue weighted by molar-refractivity contribution is -0.148. The number of carboxylic acids is 1. The van der Waals surface area contributed by atoms with E-state index in [9.17, 15) is 14.4 Å². The van der Waals surface area contributed by atoms with Crippen molar-refractivity contribution in [2.75, 3.05) is 10.6 Å². The summed E-state index contributed by atoms with van der Waals surface area (Å²) in [4.78, 5) is 33.5. The van der Waals surface area contributed by atoms with Gasteiger partial charge in [-0.15, -0.1) is 0 Å². The number of carbonyl (C=O) groups excluding carboxylic acids is 2. The summed E-state index contributed by atoms with van der Waals surface area (Å²) in [6.45, 7) is 4.40. The molecule has 0 aromatic heterocycles. The van der Waals surface area contributed by atoms with Crippen molar-refractivity contribution in [1.82, 2.24) is 0 Å². The molecule has 0 unspecified atom stereocenters. The Bertz CT molecular complexity index is 520. The lowest BCUT2D eigenvalue weighted by atomic mass is 9.89. The van der Waals surface area contributed by atoms with Gasteiger partial charge in [-0.3, -0.25) is 14.4 Å². The molecule has 1 aromatic rings. The van der Waals surface area contributed by atoms with Crippen LogP contribution in [0.2, 0.25) is 0 Å². The van der Waals surface area contributed by atoms with Crippen LogP contribution < -0.4 is 10.6 Å². The van der Waals surface area contributed by atoms with Crippen molar-refractivity contribution in [2.24, 2.45) is 5.41 Å². The molecular formula is C14H18N2O4. The first-order valence-electron chi connectivity index (χ1n) is 6.11. The maximum absolute atomic E-state index is 11.8. The molecule has 0 heterocycles. The number of amides is 2. The van der Waals surface area contributed by atoms with Crippen molar-refractivity contribution >= 4 is 29.2 Å². The van der Waals surface area contributed by atoms with Crippen LogP contribution in [0.1, 0.15) is 27.2 Å². The number of aliphatic carboxylic acids is 1. The van der Waals surface area contributed by atoms with Crippen LogP contribution >= 0.6 is 0 Å². The highest BCUT2D eigenvalue weighted by atomic mass is 16.4. The number of nitrogens with one attached hydrogen (secondary N) is 2. The van der Waals surface area contributed by atoms with E-state index in [1.165, 1.54) is 20.8 Å². The summed E-state index contributed by atoms with van der Waals surface area (Å²) in [5.74, 6) is -1.57. The Morgan fingerprint density at radius 1 is 1.05 bits per heavy atom. The number of carbonyl (C=O) groups is 3. The highest BCUT2D eigenvalue weighted by molar-refractivity contribution is 5.94. The zero-order valence-electron chi connectivity index (χ0n) is 11.7. The quantitative estimate of drug-likeness (QED) is 0.768. The van der Waals surface area contributed by atoms with E-state index in [0.29, 0.717) is 11.4 Å². The predicted octanol–water partition coefficient (Wildman–Crippen LogP) is 2.08. The first-order valence-corrected chi connectivity index (χ1v) is 6.11. The second-order valence-corrected chi connectivity index (χ2v) is 5.17. The SMILES string of the molecule is CC(=O)Nc1ccc(NC(=O)CC(C)(C)C(=O)O)cc1. The topological polar surface area (TPSA) is 95.5 Å². The molecule has 0 aliphatic carbocycles. The molecule has 108 valence electrons.